The van der Waals surface area contributed by atoms with Crippen molar-refractivity contribution in [3.8, 4) is 5.75 Å². The third-order valence-corrected chi connectivity index (χ3v) is 4.31. The first-order valence-electron chi connectivity index (χ1n) is 8.55. The van der Waals surface area contributed by atoms with Crippen molar-refractivity contribution < 1.29 is 9.53 Å². The van der Waals surface area contributed by atoms with Gasteiger partial charge in [-0.15, -0.1) is 12.4 Å². The zero-order valence-corrected chi connectivity index (χ0v) is 15.1. The van der Waals surface area contributed by atoms with Crippen LogP contribution in [0.2, 0.25) is 0 Å². The molecule has 25 heavy (non-hydrogen) atoms. The Morgan fingerprint density at radius 2 is 1.84 bits per heavy atom. The largest absolute Gasteiger partial charge is 0.489 e. The van der Waals surface area contributed by atoms with Crippen molar-refractivity contribution in [1.82, 2.24) is 10.6 Å². The molecule has 1 aliphatic heterocycles. The molecule has 0 bridgehead atoms. The van der Waals surface area contributed by atoms with E-state index in [9.17, 15) is 4.79 Å². The van der Waals surface area contributed by atoms with Gasteiger partial charge in [-0.1, -0.05) is 42.5 Å². The van der Waals surface area contributed by atoms with Gasteiger partial charge in [-0.2, -0.15) is 0 Å². The van der Waals surface area contributed by atoms with Gasteiger partial charge < -0.3 is 15.4 Å². The smallest absolute Gasteiger partial charge is 0.224 e. The minimum absolute atomic E-state index is 0. The number of ether oxygens (including phenoxy) is 1. The maximum absolute atomic E-state index is 12.1. The lowest BCUT2D eigenvalue weighted by Gasteiger charge is -2.21. The second kappa shape index (κ2) is 10.1. The second-order valence-corrected chi connectivity index (χ2v) is 6.18. The molecule has 1 heterocycles. The molecule has 0 aromatic heterocycles. The van der Waals surface area contributed by atoms with Gasteiger partial charge in [-0.25, -0.2) is 0 Å². The molecule has 2 aromatic carbocycles. The first-order valence-corrected chi connectivity index (χ1v) is 8.55. The molecule has 0 spiro atoms. The molecule has 2 N–H and O–H groups in total. The molecule has 1 fully saturated rings. The van der Waals surface area contributed by atoms with Crippen LogP contribution in [-0.2, 0) is 17.9 Å². The van der Waals surface area contributed by atoms with Gasteiger partial charge >= 0.3 is 0 Å². The molecule has 0 aliphatic carbocycles. The zero-order valence-electron chi connectivity index (χ0n) is 14.2. The summed E-state index contributed by atoms with van der Waals surface area (Å²) in [5, 5.41) is 6.30. The summed E-state index contributed by atoms with van der Waals surface area (Å²) in [6.45, 7) is 2.94. The van der Waals surface area contributed by atoms with E-state index in [1.165, 1.54) is 0 Å². The van der Waals surface area contributed by atoms with Gasteiger partial charge in [0, 0.05) is 13.1 Å². The molecule has 1 saturated heterocycles. The van der Waals surface area contributed by atoms with Crippen molar-refractivity contribution in [2.45, 2.75) is 26.0 Å². The summed E-state index contributed by atoms with van der Waals surface area (Å²) in [6, 6.07) is 18.0. The van der Waals surface area contributed by atoms with Crippen molar-refractivity contribution in [3.63, 3.8) is 0 Å². The van der Waals surface area contributed by atoms with Crippen molar-refractivity contribution in [2.24, 2.45) is 5.92 Å². The second-order valence-electron chi connectivity index (χ2n) is 6.18. The van der Waals surface area contributed by atoms with Crippen LogP contribution in [0.3, 0.4) is 0 Å². The topological polar surface area (TPSA) is 50.4 Å². The zero-order chi connectivity index (χ0) is 16.6. The van der Waals surface area contributed by atoms with E-state index >= 15 is 0 Å². The average molecular weight is 361 g/mol. The van der Waals surface area contributed by atoms with E-state index < -0.39 is 0 Å². The van der Waals surface area contributed by atoms with Crippen molar-refractivity contribution >= 4 is 18.3 Å². The van der Waals surface area contributed by atoms with Gasteiger partial charge in [0.15, 0.2) is 0 Å². The average Bonchev–Trinajstić information content (AvgIpc) is 2.67. The predicted molar refractivity (Wildman–Crippen MR) is 102 cm³/mol. The fourth-order valence-corrected chi connectivity index (χ4v) is 2.85. The Bertz CT molecular complexity index is 641. The molecule has 3 rings (SSSR count). The Balaban J connectivity index is 0.00000225. The maximum Gasteiger partial charge on any atom is 0.224 e. The molecule has 4 nitrogen and oxygen atoms in total. The van der Waals surface area contributed by atoms with Crippen LogP contribution >= 0.6 is 12.4 Å². The number of carbonyl (C=O) groups is 1. The van der Waals surface area contributed by atoms with Gasteiger partial charge in [-0.3, -0.25) is 4.79 Å². The number of piperidine rings is 1. The quantitative estimate of drug-likeness (QED) is 0.831. The monoisotopic (exact) mass is 360 g/mol. The van der Waals surface area contributed by atoms with E-state index in [4.69, 9.17) is 4.74 Å². The van der Waals surface area contributed by atoms with E-state index in [1.54, 1.807) is 0 Å². The first-order chi connectivity index (χ1) is 11.8. The molecule has 134 valence electrons. The lowest BCUT2D eigenvalue weighted by molar-refractivity contribution is -0.125. The van der Waals surface area contributed by atoms with Crippen LogP contribution in [0.4, 0.5) is 0 Å². The highest BCUT2D eigenvalue weighted by Crippen LogP contribution is 2.15. The molecule has 0 radical (unpaired) electrons. The summed E-state index contributed by atoms with van der Waals surface area (Å²) in [5.41, 5.74) is 2.23. The third kappa shape index (κ3) is 6.07. The Kier molecular flexibility index (Phi) is 7.76. The van der Waals surface area contributed by atoms with Crippen LogP contribution in [0.15, 0.2) is 54.6 Å². The third-order valence-electron chi connectivity index (χ3n) is 4.31. The Labute approximate surface area is 155 Å². The van der Waals surface area contributed by atoms with Gasteiger partial charge in [-0.05, 0) is 42.6 Å². The molecule has 0 saturated carbocycles. The minimum atomic E-state index is 0. The Morgan fingerprint density at radius 3 is 2.52 bits per heavy atom. The highest BCUT2D eigenvalue weighted by atomic mass is 35.5. The summed E-state index contributed by atoms with van der Waals surface area (Å²) in [4.78, 5) is 12.1. The van der Waals surface area contributed by atoms with Crippen LogP contribution < -0.4 is 15.4 Å². The SMILES string of the molecule is Cl.O=C(NCc1ccc(OCc2ccccc2)cc1)C1CCCNC1. The number of nitrogens with one attached hydrogen (secondary N) is 2. The first kappa shape index (κ1) is 19.3. The predicted octanol–water partition coefficient (Wildman–Crippen LogP) is 3.30. The van der Waals surface area contributed by atoms with Gasteiger partial charge in [0.05, 0.1) is 5.92 Å². The number of halogens is 1. The molecule has 1 atom stereocenters. The van der Waals surface area contributed by atoms with Crippen LogP contribution in [0, 0.1) is 5.92 Å². The fourth-order valence-electron chi connectivity index (χ4n) is 2.85. The van der Waals surface area contributed by atoms with Gasteiger partial charge in [0.2, 0.25) is 5.91 Å². The van der Waals surface area contributed by atoms with Crippen LogP contribution in [-0.4, -0.2) is 19.0 Å². The number of hydrogen-bond acceptors (Lipinski definition) is 3. The number of rotatable bonds is 6. The van der Waals surface area contributed by atoms with Crippen molar-refractivity contribution in [3.05, 3.63) is 65.7 Å². The number of amides is 1. The van der Waals surface area contributed by atoms with Crippen molar-refractivity contribution in [2.75, 3.05) is 13.1 Å². The van der Waals surface area contributed by atoms with Gasteiger partial charge in [0.25, 0.3) is 0 Å². The van der Waals surface area contributed by atoms with E-state index in [2.05, 4.69) is 10.6 Å². The fraction of sp³-hybridized carbons (Fsp3) is 0.350. The van der Waals surface area contributed by atoms with Crippen LogP contribution in [0.5, 0.6) is 5.75 Å². The van der Waals surface area contributed by atoms with E-state index in [0.717, 1.165) is 42.8 Å². The Hall–Kier alpha value is -2.04. The van der Waals surface area contributed by atoms with Gasteiger partial charge in [0.1, 0.15) is 12.4 Å². The summed E-state index contributed by atoms with van der Waals surface area (Å²) in [5.74, 6) is 1.09. The molecule has 1 aliphatic rings. The highest BCUT2D eigenvalue weighted by Gasteiger charge is 2.20. The number of carbonyl (C=O) groups excluding carboxylic acids is 1. The summed E-state index contributed by atoms with van der Waals surface area (Å²) >= 11 is 0. The standard InChI is InChI=1S/C20H24N2O2.ClH/c23-20(18-7-4-12-21-14-18)22-13-16-8-10-19(11-9-16)24-15-17-5-2-1-3-6-17;/h1-3,5-6,8-11,18,21H,4,7,12-15H2,(H,22,23);1H. The number of benzene rings is 2. The van der Waals surface area contributed by atoms with E-state index in [-0.39, 0.29) is 24.2 Å². The normalized spacial score (nSPS) is 16.6. The minimum Gasteiger partial charge on any atom is -0.489 e. The maximum atomic E-state index is 12.1. The molecule has 1 unspecified atom stereocenters. The van der Waals surface area contributed by atoms with Crippen LogP contribution in [0.25, 0.3) is 0 Å². The number of hydrogen-bond donors (Lipinski definition) is 2. The Morgan fingerprint density at radius 1 is 1.08 bits per heavy atom. The summed E-state index contributed by atoms with van der Waals surface area (Å²) < 4.78 is 5.77. The highest BCUT2D eigenvalue weighted by molar-refractivity contribution is 5.85. The molecule has 2 aromatic rings. The lowest BCUT2D eigenvalue weighted by Crippen LogP contribution is -2.40. The summed E-state index contributed by atoms with van der Waals surface area (Å²) in [6.07, 6.45) is 2.05. The molecule has 5 heteroatoms. The van der Waals surface area contributed by atoms with Crippen LogP contribution in [0.1, 0.15) is 24.0 Å². The van der Waals surface area contributed by atoms with Crippen molar-refractivity contribution in [1.29, 1.82) is 0 Å². The molecular formula is C20H25ClN2O2. The lowest BCUT2D eigenvalue weighted by atomic mass is 9.99. The molecule has 1 amide bonds. The van der Waals surface area contributed by atoms with E-state index in [1.807, 2.05) is 54.6 Å². The summed E-state index contributed by atoms with van der Waals surface area (Å²) in [7, 11) is 0. The molecular weight excluding hydrogens is 336 g/mol. The van der Waals surface area contributed by atoms with E-state index in [0.29, 0.717) is 13.2 Å².